The third-order valence-corrected chi connectivity index (χ3v) is 12.6. The Balaban J connectivity index is 0.000000173. The zero-order valence-corrected chi connectivity index (χ0v) is 41.1. The summed E-state index contributed by atoms with van der Waals surface area (Å²) in [5.41, 5.74) is 11.5. The Morgan fingerprint density at radius 3 is 1.40 bits per heavy atom. The second-order valence-corrected chi connectivity index (χ2v) is 17.3. The van der Waals surface area contributed by atoms with Crippen molar-refractivity contribution in [3.05, 3.63) is 94.3 Å². The van der Waals surface area contributed by atoms with E-state index in [-0.39, 0.29) is 25.8 Å². The molecule has 20 heteroatoms. The van der Waals surface area contributed by atoms with Crippen molar-refractivity contribution in [1.29, 1.82) is 0 Å². The van der Waals surface area contributed by atoms with Crippen molar-refractivity contribution in [2.45, 2.75) is 64.6 Å². The van der Waals surface area contributed by atoms with Crippen LogP contribution in [-0.4, -0.2) is 124 Å². The fraction of sp³-hybridized carbons (Fsp3) is 0.385. The summed E-state index contributed by atoms with van der Waals surface area (Å²) >= 11 is 0. The van der Waals surface area contributed by atoms with Crippen molar-refractivity contribution in [1.82, 2.24) is 20.6 Å². The molecule has 0 saturated heterocycles. The number of aromatic amines is 2. The number of aliphatic carboxylic acids is 2. The highest BCUT2D eigenvalue weighted by molar-refractivity contribution is 6.27. The quantitative estimate of drug-likeness (QED) is 0.0390. The van der Waals surface area contributed by atoms with E-state index in [1.165, 1.54) is 44.3 Å². The number of aryl methyl sites for hydroxylation is 2. The third-order valence-electron chi connectivity index (χ3n) is 12.6. The van der Waals surface area contributed by atoms with Crippen molar-refractivity contribution in [2.75, 3.05) is 68.2 Å². The number of ether oxygens (including phenoxy) is 8. The minimum Gasteiger partial charge on any atom is -0.493 e. The molecule has 20 nitrogen and oxygen atoms in total. The molecule has 10 rings (SSSR count). The van der Waals surface area contributed by atoms with Gasteiger partial charge in [-0.3, -0.25) is 0 Å². The molecular weight excluding hydrogens is 933 g/mol. The molecule has 0 spiro atoms. The fourth-order valence-corrected chi connectivity index (χ4v) is 9.28. The van der Waals surface area contributed by atoms with E-state index in [4.69, 9.17) is 67.4 Å². The molecule has 382 valence electrons. The van der Waals surface area contributed by atoms with Gasteiger partial charge in [0.05, 0.1) is 39.9 Å². The van der Waals surface area contributed by atoms with Gasteiger partial charge < -0.3 is 78.4 Å². The summed E-state index contributed by atoms with van der Waals surface area (Å²) in [6.07, 6.45) is 4.60. The predicted octanol–water partition coefficient (Wildman–Crippen LogP) is 6.64. The van der Waals surface area contributed by atoms with Crippen LogP contribution in [0.25, 0.3) is 21.8 Å². The number of carbonyl (C=O) groups is 2. The maximum Gasteiger partial charge on any atom is 0.414 e. The summed E-state index contributed by atoms with van der Waals surface area (Å²) in [6.45, 7) is 7.74. The number of nitrogens with zero attached hydrogens (tertiary/aromatic N) is 2. The van der Waals surface area contributed by atoms with Gasteiger partial charge >= 0.3 is 11.9 Å². The molecular formula is C52H60N6O14. The van der Waals surface area contributed by atoms with Gasteiger partial charge in [0.2, 0.25) is 36.6 Å². The van der Waals surface area contributed by atoms with Gasteiger partial charge in [-0.15, -0.1) is 0 Å². The average molecular weight is 993 g/mol. The highest BCUT2D eigenvalue weighted by Gasteiger charge is 2.32. The summed E-state index contributed by atoms with van der Waals surface area (Å²) < 4.78 is 44.4. The Bertz CT molecular complexity index is 2770. The standard InChI is InChI=1S/2C25H29N3O5.C2H2O4/c2*1-15-19(20-6-4-5-7-21(20)27-15)8-9-26-13-17-12-18(33-28-17)10-16-11-22(29-2)24-25(23(16)30-3)32-14-31-24;3-1(4)2(5)6/h2*4-7,11,18,26-27H,8-10,12-14H2,1-3H3;(H,3,4)(H,5,6). The lowest BCUT2D eigenvalue weighted by molar-refractivity contribution is -0.159. The molecule has 0 saturated carbocycles. The molecule has 0 fully saturated rings. The van der Waals surface area contributed by atoms with Crippen LogP contribution in [0, 0.1) is 13.8 Å². The van der Waals surface area contributed by atoms with Gasteiger partial charge in [-0.1, -0.05) is 46.7 Å². The van der Waals surface area contributed by atoms with Crippen molar-refractivity contribution in [2.24, 2.45) is 10.3 Å². The molecule has 4 aliphatic rings. The number of hydrogen-bond acceptors (Lipinski definition) is 16. The first-order valence-corrected chi connectivity index (χ1v) is 23.5. The van der Waals surface area contributed by atoms with E-state index in [2.05, 4.69) is 93.3 Å². The van der Waals surface area contributed by atoms with Gasteiger partial charge in [0.25, 0.3) is 0 Å². The fourth-order valence-electron chi connectivity index (χ4n) is 9.28. The number of para-hydroxylation sites is 2. The predicted molar refractivity (Wildman–Crippen MR) is 267 cm³/mol. The lowest BCUT2D eigenvalue weighted by Gasteiger charge is -2.15. The van der Waals surface area contributed by atoms with Gasteiger partial charge in [-0.25, -0.2) is 9.59 Å². The number of rotatable bonds is 18. The van der Waals surface area contributed by atoms with Crippen LogP contribution in [0.1, 0.15) is 46.5 Å². The Morgan fingerprint density at radius 1 is 0.611 bits per heavy atom. The molecule has 2 unspecified atom stereocenters. The van der Waals surface area contributed by atoms with E-state index in [1.54, 1.807) is 28.4 Å². The van der Waals surface area contributed by atoms with Crippen molar-refractivity contribution in [3.63, 3.8) is 0 Å². The zero-order valence-electron chi connectivity index (χ0n) is 41.1. The minimum atomic E-state index is -1.82. The molecule has 2 aromatic heterocycles. The molecule has 2 atom stereocenters. The first kappa shape index (κ1) is 50.5. The summed E-state index contributed by atoms with van der Waals surface area (Å²) in [5.74, 6) is 1.26. The van der Waals surface area contributed by atoms with Crippen LogP contribution in [0.3, 0.4) is 0 Å². The Hall–Kier alpha value is -7.84. The summed E-state index contributed by atoms with van der Waals surface area (Å²) in [6, 6.07) is 20.7. The normalized spacial score (nSPS) is 15.9. The van der Waals surface area contributed by atoms with Gasteiger partial charge in [-0.05, 0) is 75.2 Å². The molecule has 6 aromatic rings. The molecule has 6 heterocycles. The number of aromatic nitrogens is 2. The number of carboxylic acids is 2. The van der Waals surface area contributed by atoms with Gasteiger partial charge in [0, 0.05) is 83.1 Å². The largest absolute Gasteiger partial charge is 0.493 e. The van der Waals surface area contributed by atoms with Crippen LogP contribution in [0.2, 0.25) is 0 Å². The summed E-state index contributed by atoms with van der Waals surface area (Å²) in [4.78, 5) is 36.6. The van der Waals surface area contributed by atoms with Crippen LogP contribution in [-0.2, 0) is 44.9 Å². The average Bonchev–Trinajstić information content (AvgIpc) is 4.26. The molecule has 4 aromatic carbocycles. The van der Waals surface area contributed by atoms with Crippen LogP contribution in [0.5, 0.6) is 46.0 Å². The minimum absolute atomic E-state index is 0.0587. The molecule has 0 amide bonds. The van der Waals surface area contributed by atoms with E-state index in [1.807, 2.05) is 12.1 Å². The van der Waals surface area contributed by atoms with E-state index < -0.39 is 11.9 Å². The van der Waals surface area contributed by atoms with Crippen molar-refractivity contribution < 1.29 is 67.4 Å². The Labute approximate surface area is 415 Å². The van der Waals surface area contributed by atoms with E-state index >= 15 is 0 Å². The van der Waals surface area contributed by atoms with Crippen molar-refractivity contribution >= 4 is 45.2 Å². The Morgan fingerprint density at radius 2 is 1.01 bits per heavy atom. The molecule has 0 bridgehead atoms. The smallest absolute Gasteiger partial charge is 0.414 e. The van der Waals surface area contributed by atoms with E-state index in [0.717, 1.165) is 61.3 Å². The second kappa shape index (κ2) is 23.4. The van der Waals surface area contributed by atoms with Crippen LogP contribution >= 0.6 is 0 Å². The number of benzene rings is 4. The highest BCUT2D eigenvalue weighted by Crippen LogP contribution is 2.51. The number of nitrogens with one attached hydrogen (secondary N) is 4. The van der Waals surface area contributed by atoms with Crippen LogP contribution < -0.4 is 48.5 Å². The van der Waals surface area contributed by atoms with Gasteiger partial charge in [-0.2, -0.15) is 0 Å². The highest BCUT2D eigenvalue weighted by atomic mass is 16.7. The van der Waals surface area contributed by atoms with Gasteiger partial charge in [0.1, 0.15) is 12.2 Å². The van der Waals surface area contributed by atoms with Gasteiger partial charge in [0.15, 0.2) is 23.0 Å². The number of oxime groups is 2. The first-order chi connectivity index (χ1) is 35.0. The van der Waals surface area contributed by atoms with E-state index in [9.17, 15) is 0 Å². The maximum absolute atomic E-state index is 9.10. The third kappa shape index (κ3) is 11.5. The molecule has 4 aliphatic heterocycles. The maximum atomic E-state index is 9.10. The lowest BCUT2D eigenvalue weighted by Crippen LogP contribution is -2.25. The Kier molecular flexibility index (Phi) is 16.4. The van der Waals surface area contributed by atoms with E-state index in [0.29, 0.717) is 71.9 Å². The molecule has 72 heavy (non-hydrogen) atoms. The second-order valence-electron chi connectivity index (χ2n) is 17.3. The lowest BCUT2D eigenvalue weighted by atomic mass is 10.0. The summed E-state index contributed by atoms with van der Waals surface area (Å²) in [5, 5.41) is 33.0. The number of carboxylic acid groups (broad SMARTS) is 2. The topological polar surface area (TPSA) is 247 Å². The molecule has 0 aliphatic carbocycles. The van der Waals surface area contributed by atoms with Crippen LogP contribution in [0.15, 0.2) is 71.0 Å². The number of hydrogen-bond donors (Lipinski definition) is 6. The molecule has 0 radical (unpaired) electrons. The zero-order chi connectivity index (χ0) is 50.7. The first-order valence-electron chi connectivity index (χ1n) is 23.5. The van der Waals surface area contributed by atoms with Crippen LogP contribution in [0.4, 0.5) is 0 Å². The molecule has 6 N–H and O–H groups in total. The summed E-state index contributed by atoms with van der Waals surface area (Å²) in [7, 11) is 6.49. The SMILES string of the molecule is COc1cc(CC2CC(CNCCc3c(C)[nH]c4ccccc34)=NO2)c(OC)c2c1OCO2.COc1cc(CC2CC(CNCCc3c(C)[nH]c4ccccc34)=NO2)c(OC)c2c1OCO2.O=C(O)C(=O)O. The van der Waals surface area contributed by atoms with Crippen molar-refractivity contribution in [3.8, 4) is 46.0 Å². The monoisotopic (exact) mass is 992 g/mol. The number of H-pyrrole nitrogens is 2. The number of fused-ring (bicyclic) bond motifs is 4. The number of methoxy groups -OCH3 is 4.